The third-order valence-corrected chi connectivity index (χ3v) is 7.20. The number of rotatable bonds is 3. The van der Waals surface area contributed by atoms with Crippen molar-refractivity contribution in [3.05, 3.63) is 125 Å². The summed E-state index contributed by atoms with van der Waals surface area (Å²) >= 11 is 0. The van der Waals surface area contributed by atoms with Crippen LogP contribution in [0.15, 0.2) is 107 Å². The number of nitrogens with one attached hydrogen (secondary N) is 1. The number of aromatic nitrogens is 3. The zero-order valence-electron chi connectivity index (χ0n) is 22.0. The summed E-state index contributed by atoms with van der Waals surface area (Å²) in [4.78, 5) is 17.1. The van der Waals surface area contributed by atoms with Crippen LogP contribution in [0, 0.1) is 20.8 Å². The first kappa shape index (κ1) is 23.1. The molecule has 0 fully saturated rings. The van der Waals surface area contributed by atoms with Gasteiger partial charge >= 0.3 is 0 Å². The maximum atomic E-state index is 5.29. The summed E-state index contributed by atoms with van der Waals surface area (Å²) in [6.45, 7) is 6.23. The summed E-state index contributed by atoms with van der Waals surface area (Å²) in [6.07, 6.45) is 3.74. The third-order valence-electron chi connectivity index (χ3n) is 7.20. The molecular formula is C32H27N7. The van der Waals surface area contributed by atoms with E-state index in [1.807, 2.05) is 41.2 Å². The second kappa shape index (κ2) is 9.06. The third kappa shape index (κ3) is 3.90. The number of para-hydroxylation sites is 2. The number of hydrogen-bond acceptors (Lipinski definition) is 6. The van der Waals surface area contributed by atoms with Crippen molar-refractivity contribution < 1.29 is 0 Å². The van der Waals surface area contributed by atoms with Crippen LogP contribution in [0.5, 0.6) is 0 Å². The molecule has 0 radical (unpaired) electrons. The Balaban J connectivity index is 1.49. The van der Waals surface area contributed by atoms with Gasteiger partial charge in [0.25, 0.3) is 0 Å². The molecule has 0 spiro atoms. The zero-order valence-corrected chi connectivity index (χ0v) is 22.0. The summed E-state index contributed by atoms with van der Waals surface area (Å²) in [5.74, 6) is 2.23. The van der Waals surface area contributed by atoms with Crippen molar-refractivity contribution in [2.45, 2.75) is 26.8 Å². The zero-order chi connectivity index (χ0) is 26.5. The van der Waals surface area contributed by atoms with Gasteiger partial charge in [-0.05, 0) is 74.4 Å². The maximum Gasteiger partial charge on any atom is 0.179 e. The van der Waals surface area contributed by atoms with Crippen molar-refractivity contribution in [2.75, 3.05) is 10.2 Å². The highest BCUT2D eigenvalue weighted by molar-refractivity contribution is 6.51. The normalized spacial score (nSPS) is 15.6. The molecule has 0 unspecified atom stereocenters. The summed E-state index contributed by atoms with van der Waals surface area (Å²) in [5, 5.41) is 8.58. The van der Waals surface area contributed by atoms with E-state index in [-0.39, 0.29) is 6.04 Å². The standard InChI is InChI=1S/C32H27N7/c1-20-13-15-25(16-14-20)39-31-28(22(3)37-39)29(23-9-7-17-33-19-23)38-27-12-5-4-11-26(27)35-30(32(38)36-31)34-24-10-6-8-21(2)18-24/h4-19,29H,1-3H3,(H,34,35)/t29-/m1/s1. The van der Waals surface area contributed by atoms with Crippen LogP contribution < -0.4 is 10.2 Å². The fourth-order valence-corrected chi connectivity index (χ4v) is 5.38. The van der Waals surface area contributed by atoms with E-state index >= 15 is 0 Å². The molecule has 0 saturated heterocycles. The van der Waals surface area contributed by atoms with E-state index in [1.165, 1.54) is 11.1 Å². The highest BCUT2D eigenvalue weighted by atomic mass is 15.4. The van der Waals surface area contributed by atoms with Gasteiger partial charge < -0.3 is 10.2 Å². The Morgan fingerprint density at radius 2 is 1.64 bits per heavy atom. The topological polar surface area (TPSA) is 70.7 Å². The predicted octanol–water partition coefficient (Wildman–Crippen LogP) is 6.99. The molecule has 39 heavy (non-hydrogen) atoms. The Kier molecular flexibility index (Phi) is 5.37. The minimum atomic E-state index is -0.189. The number of fused-ring (bicyclic) bond motifs is 4. The van der Waals surface area contributed by atoms with E-state index in [9.17, 15) is 0 Å². The lowest BCUT2D eigenvalue weighted by Gasteiger charge is -2.40. The van der Waals surface area contributed by atoms with Gasteiger partial charge in [0.15, 0.2) is 17.5 Å². The Morgan fingerprint density at radius 1 is 0.795 bits per heavy atom. The van der Waals surface area contributed by atoms with E-state index < -0.39 is 0 Å². The molecule has 1 N–H and O–H groups in total. The highest BCUT2D eigenvalue weighted by Crippen LogP contribution is 2.48. The van der Waals surface area contributed by atoms with Crippen LogP contribution in [0.3, 0.4) is 0 Å². The molecule has 0 aliphatic carbocycles. The number of amidine groups is 2. The first-order valence-electron chi connectivity index (χ1n) is 13.0. The van der Waals surface area contributed by atoms with Crippen molar-refractivity contribution in [3.63, 3.8) is 0 Å². The van der Waals surface area contributed by atoms with Gasteiger partial charge in [-0.25, -0.2) is 14.7 Å². The average Bonchev–Trinajstić information content (AvgIpc) is 3.29. The van der Waals surface area contributed by atoms with Crippen LogP contribution in [0.4, 0.5) is 22.9 Å². The number of anilines is 2. The van der Waals surface area contributed by atoms with Crippen LogP contribution in [-0.4, -0.2) is 26.4 Å². The number of nitrogens with zero attached hydrogens (tertiary/aromatic N) is 6. The summed E-state index contributed by atoms with van der Waals surface area (Å²) in [7, 11) is 0. The van der Waals surface area contributed by atoms with Gasteiger partial charge in [0.1, 0.15) is 0 Å². The Labute approximate surface area is 227 Å². The molecular weight excluding hydrogens is 482 g/mol. The fraction of sp³-hybridized carbons (Fsp3) is 0.125. The second-order valence-electron chi connectivity index (χ2n) is 10.0. The number of pyridine rings is 1. The molecule has 0 amide bonds. The molecule has 2 aliphatic heterocycles. The lowest BCUT2D eigenvalue weighted by atomic mass is 9.94. The van der Waals surface area contributed by atoms with Gasteiger partial charge in [0, 0.05) is 23.6 Å². The van der Waals surface area contributed by atoms with Gasteiger partial charge in [0.05, 0.1) is 28.8 Å². The van der Waals surface area contributed by atoms with Gasteiger partial charge in [0.2, 0.25) is 0 Å². The van der Waals surface area contributed by atoms with E-state index in [1.54, 1.807) is 6.20 Å². The van der Waals surface area contributed by atoms with Crippen molar-refractivity contribution in [1.82, 2.24) is 14.8 Å². The molecule has 2 aliphatic rings. The van der Waals surface area contributed by atoms with Crippen molar-refractivity contribution >= 4 is 34.6 Å². The Hall–Kier alpha value is -5.04. The van der Waals surface area contributed by atoms with Crippen LogP contribution >= 0.6 is 0 Å². The predicted molar refractivity (Wildman–Crippen MR) is 157 cm³/mol. The molecule has 190 valence electrons. The van der Waals surface area contributed by atoms with E-state index in [2.05, 4.69) is 90.6 Å². The van der Waals surface area contributed by atoms with Gasteiger partial charge in [-0.3, -0.25) is 4.98 Å². The summed E-state index contributed by atoms with van der Waals surface area (Å²) in [6, 6.07) is 28.8. The SMILES string of the molecule is Cc1ccc(-n2nc(C)c3c2N=C2C(Nc4cccc(C)c4)=Nc4ccccc4N2[C@@H]3c2cccnc2)cc1. The molecule has 7 nitrogen and oxygen atoms in total. The van der Waals surface area contributed by atoms with E-state index in [4.69, 9.17) is 15.1 Å². The summed E-state index contributed by atoms with van der Waals surface area (Å²) in [5.41, 5.74) is 9.21. The molecule has 1 atom stereocenters. The first-order valence-corrected chi connectivity index (χ1v) is 13.0. The minimum absolute atomic E-state index is 0.189. The molecule has 7 heteroatoms. The maximum absolute atomic E-state index is 5.29. The largest absolute Gasteiger partial charge is 0.337 e. The van der Waals surface area contributed by atoms with Crippen LogP contribution in [0.1, 0.15) is 34.0 Å². The fourth-order valence-electron chi connectivity index (χ4n) is 5.38. The van der Waals surface area contributed by atoms with Gasteiger partial charge in [-0.15, -0.1) is 0 Å². The summed E-state index contributed by atoms with van der Waals surface area (Å²) < 4.78 is 1.95. The molecule has 4 heterocycles. The molecule has 0 saturated carbocycles. The Bertz CT molecular complexity index is 1760. The lowest BCUT2D eigenvalue weighted by molar-refractivity contribution is 0.810. The van der Waals surface area contributed by atoms with Crippen LogP contribution in [0.25, 0.3) is 5.69 Å². The molecule has 5 aromatic rings. The van der Waals surface area contributed by atoms with Crippen LogP contribution in [-0.2, 0) is 0 Å². The number of aryl methyl sites for hydroxylation is 3. The van der Waals surface area contributed by atoms with Gasteiger partial charge in [-0.1, -0.05) is 48.0 Å². The highest BCUT2D eigenvalue weighted by Gasteiger charge is 2.41. The lowest BCUT2D eigenvalue weighted by Crippen LogP contribution is -2.46. The average molecular weight is 510 g/mol. The Morgan fingerprint density at radius 3 is 2.44 bits per heavy atom. The van der Waals surface area contributed by atoms with Crippen molar-refractivity contribution in [2.24, 2.45) is 9.98 Å². The number of hydrogen-bond donors (Lipinski definition) is 1. The van der Waals surface area contributed by atoms with Crippen molar-refractivity contribution in [1.29, 1.82) is 0 Å². The molecule has 3 aromatic carbocycles. The van der Waals surface area contributed by atoms with Crippen molar-refractivity contribution in [3.8, 4) is 5.69 Å². The number of benzene rings is 3. The smallest absolute Gasteiger partial charge is 0.179 e. The van der Waals surface area contributed by atoms with E-state index in [0.29, 0.717) is 5.84 Å². The number of aliphatic imine (C=N–C) groups is 2. The monoisotopic (exact) mass is 509 g/mol. The van der Waals surface area contributed by atoms with Crippen LogP contribution in [0.2, 0.25) is 0 Å². The van der Waals surface area contributed by atoms with Gasteiger partial charge in [-0.2, -0.15) is 5.10 Å². The molecule has 7 rings (SSSR count). The van der Waals surface area contributed by atoms with E-state index in [0.717, 1.165) is 51.2 Å². The molecule has 0 bridgehead atoms. The molecule has 2 aromatic heterocycles. The minimum Gasteiger partial charge on any atom is -0.337 e. The quantitative estimate of drug-likeness (QED) is 0.285. The first-order chi connectivity index (χ1) is 19.1. The second-order valence-corrected chi connectivity index (χ2v) is 10.0.